The number of rotatable bonds is 3. The second-order valence-electron chi connectivity index (χ2n) is 4.98. The zero-order valence-electron chi connectivity index (χ0n) is 12.5. The number of carbonyl (C=O) groups excluding carboxylic acids is 1. The van der Waals surface area contributed by atoms with Gasteiger partial charge in [-0.05, 0) is 26.0 Å². The van der Waals surface area contributed by atoms with E-state index < -0.39 is 12.0 Å². The molecular formula is C15H14Cl2N4O2. The highest BCUT2D eigenvalue weighted by atomic mass is 35.5. The number of nitrogens with zero attached hydrogens (tertiary/aromatic N) is 3. The normalized spacial score (nSPS) is 16.8. The van der Waals surface area contributed by atoms with Crippen molar-refractivity contribution in [2.45, 2.75) is 19.9 Å². The number of aromatic nitrogens is 3. The fourth-order valence-corrected chi connectivity index (χ4v) is 3.09. The molecule has 1 aromatic heterocycles. The molecule has 1 N–H and O–H groups in total. The summed E-state index contributed by atoms with van der Waals surface area (Å²) in [5, 5.41) is 8.24. The van der Waals surface area contributed by atoms with Gasteiger partial charge in [0.25, 0.3) is 0 Å². The van der Waals surface area contributed by atoms with Crippen molar-refractivity contribution in [3.63, 3.8) is 0 Å². The monoisotopic (exact) mass is 352 g/mol. The summed E-state index contributed by atoms with van der Waals surface area (Å²) in [6, 6.07) is 4.60. The lowest BCUT2D eigenvalue weighted by molar-refractivity contribution is -0.139. The van der Waals surface area contributed by atoms with E-state index in [9.17, 15) is 4.79 Å². The molecule has 0 aliphatic carbocycles. The van der Waals surface area contributed by atoms with E-state index in [1.807, 2.05) is 0 Å². The Labute approximate surface area is 143 Å². The van der Waals surface area contributed by atoms with Crippen LogP contribution in [0.2, 0.25) is 10.0 Å². The van der Waals surface area contributed by atoms with Crippen molar-refractivity contribution in [2.75, 3.05) is 11.9 Å². The smallest absolute Gasteiger partial charge is 0.338 e. The molecule has 2 heterocycles. The van der Waals surface area contributed by atoms with Gasteiger partial charge in [0.05, 0.1) is 12.2 Å². The van der Waals surface area contributed by atoms with Crippen LogP contribution in [0.3, 0.4) is 0 Å². The van der Waals surface area contributed by atoms with Gasteiger partial charge < -0.3 is 10.1 Å². The van der Waals surface area contributed by atoms with Gasteiger partial charge in [-0.2, -0.15) is 10.1 Å². The maximum Gasteiger partial charge on any atom is 0.338 e. The Morgan fingerprint density at radius 2 is 2.22 bits per heavy atom. The predicted molar refractivity (Wildman–Crippen MR) is 87.6 cm³/mol. The van der Waals surface area contributed by atoms with Crippen molar-refractivity contribution < 1.29 is 9.53 Å². The number of nitrogens with one attached hydrogen (secondary N) is 1. The van der Waals surface area contributed by atoms with E-state index >= 15 is 0 Å². The van der Waals surface area contributed by atoms with E-state index in [4.69, 9.17) is 27.9 Å². The van der Waals surface area contributed by atoms with Crippen molar-refractivity contribution >= 4 is 35.1 Å². The SMILES string of the molecule is CCOC(=O)C1=C(C)Nc2ncnn2[C@@H]1c1ccc(Cl)cc1Cl. The number of esters is 1. The Morgan fingerprint density at radius 1 is 1.43 bits per heavy atom. The number of fused-ring (bicyclic) bond motifs is 1. The molecule has 2 aromatic rings. The molecule has 0 spiro atoms. The number of hydrogen-bond acceptors (Lipinski definition) is 5. The quantitative estimate of drug-likeness (QED) is 0.856. The van der Waals surface area contributed by atoms with Crippen LogP contribution >= 0.6 is 23.2 Å². The van der Waals surface area contributed by atoms with Gasteiger partial charge in [-0.3, -0.25) is 0 Å². The molecule has 1 aliphatic heterocycles. The lowest BCUT2D eigenvalue weighted by Crippen LogP contribution is -2.29. The van der Waals surface area contributed by atoms with Crippen LogP contribution in [-0.4, -0.2) is 27.3 Å². The summed E-state index contributed by atoms with van der Waals surface area (Å²) < 4.78 is 6.80. The first kappa shape index (κ1) is 15.8. The fourth-order valence-electron chi connectivity index (χ4n) is 2.57. The van der Waals surface area contributed by atoms with E-state index in [1.54, 1.807) is 36.7 Å². The van der Waals surface area contributed by atoms with Crippen molar-refractivity contribution in [3.05, 3.63) is 51.4 Å². The molecule has 0 unspecified atom stereocenters. The number of benzene rings is 1. The molecule has 23 heavy (non-hydrogen) atoms. The van der Waals surface area contributed by atoms with Gasteiger partial charge in [0.2, 0.25) is 5.95 Å². The first-order valence-electron chi connectivity index (χ1n) is 7.02. The first-order chi connectivity index (χ1) is 11.0. The summed E-state index contributed by atoms with van der Waals surface area (Å²) in [6.07, 6.45) is 1.42. The van der Waals surface area contributed by atoms with Gasteiger partial charge in [-0.15, -0.1) is 0 Å². The Bertz CT molecular complexity index is 801. The number of hydrogen-bond donors (Lipinski definition) is 1. The molecule has 1 aromatic carbocycles. The summed E-state index contributed by atoms with van der Waals surface area (Å²) in [4.78, 5) is 16.6. The number of halogens is 2. The molecule has 0 amide bonds. The number of anilines is 1. The minimum absolute atomic E-state index is 0.279. The molecule has 0 saturated carbocycles. The van der Waals surface area contributed by atoms with Crippen LogP contribution in [0.4, 0.5) is 5.95 Å². The van der Waals surface area contributed by atoms with Crippen LogP contribution in [-0.2, 0) is 9.53 Å². The average molecular weight is 353 g/mol. The van der Waals surface area contributed by atoms with E-state index in [0.717, 1.165) is 0 Å². The van der Waals surface area contributed by atoms with Gasteiger partial charge >= 0.3 is 5.97 Å². The summed E-state index contributed by atoms with van der Waals surface area (Å²) in [5.74, 6) is 0.112. The number of carbonyl (C=O) groups is 1. The molecule has 0 saturated heterocycles. The molecule has 3 rings (SSSR count). The molecule has 120 valence electrons. The maximum absolute atomic E-state index is 12.5. The van der Waals surface area contributed by atoms with Crippen molar-refractivity contribution in [2.24, 2.45) is 0 Å². The molecule has 8 heteroatoms. The number of ether oxygens (including phenoxy) is 1. The van der Waals surface area contributed by atoms with Gasteiger partial charge in [-0.1, -0.05) is 29.3 Å². The van der Waals surface area contributed by atoms with E-state index in [0.29, 0.717) is 32.8 Å². The van der Waals surface area contributed by atoms with Crippen LogP contribution in [0.1, 0.15) is 25.5 Å². The Kier molecular flexibility index (Phi) is 4.28. The zero-order chi connectivity index (χ0) is 16.6. The van der Waals surface area contributed by atoms with E-state index in [-0.39, 0.29) is 6.61 Å². The predicted octanol–water partition coefficient (Wildman–Crippen LogP) is 3.44. The Morgan fingerprint density at radius 3 is 2.91 bits per heavy atom. The third-order valence-corrected chi connectivity index (χ3v) is 4.11. The molecule has 1 aliphatic rings. The second-order valence-corrected chi connectivity index (χ2v) is 5.82. The summed E-state index contributed by atoms with van der Waals surface area (Å²) in [7, 11) is 0. The average Bonchev–Trinajstić information content (AvgIpc) is 2.94. The van der Waals surface area contributed by atoms with E-state index in [1.165, 1.54) is 6.33 Å². The van der Waals surface area contributed by atoms with Crippen molar-refractivity contribution in [3.8, 4) is 0 Å². The highest BCUT2D eigenvalue weighted by Gasteiger charge is 2.35. The van der Waals surface area contributed by atoms with Crippen LogP contribution in [0.5, 0.6) is 0 Å². The summed E-state index contributed by atoms with van der Waals surface area (Å²) in [6.45, 7) is 3.83. The molecular weight excluding hydrogens is 339 g/mol. The largest absolute Gasteiger partial charge is 0.463 e. The van der Waals surface area contributed by atoms with Crippen molar-refractivity contribution in [1.29, 1.82) is 0 Å². The standard InChI is InChI=1S/C15H14Cl2N4O2/c1-3-23-14(22)12-8(2)20-15-18-7-19-21(15)13(12)10-5-4-9(16)6-11(10)17/h4-7,13H,3H2,1-2H3,(H,18,19,20)/t13-/m1/s1. The lowest BCUT2D eigenvalue weighted by atomic mass is 9.96. The highest BCUT2D eigenvalue weighted by molar-refractivity contribution is 6.35. The number of allylic oxidation sites excluding steroid dienone is 1. The molecule has 1 atom stereocenters. The summed E-state index contributed by atoms with van der Waals surface area (Å²) >= 11 is 12.3. The highest BCUT2D eigenvalue weighted by Crippen LogP contribution is 2.38. The molecule has 0 radical (unpaired) electrons. The van der Waals surface area contributed by atoms with Crippen molar-refractivity contribution in [1.82, 2.24) is 14.8 Å². The van der Waals surface area contributed by atoms with Gasteiger partial charge in [0.1, 0.15) is 12.4 Å². The first-order valence-corrected chi connectivity index (χ1v) is 7.78. The minimum Gasteiger partial charge on any atom is -0.463 e. The maximum atomic E-state index is 12.5. The van der Waals surface area contributed by atoms with Gasteiger partial charge in [0, 0.05) is 21.3 Å². The van der Waals surface area contributed by atoms with E-state index in [2.05, 4.69) is 15.4 Å². The third-order valence-electron chi connectivity index (χ3n) is 3.55. The Balaban J connectivity index is 2.18. The fraction of sp³-hybridized carbons (Fsp3) is 0.267. The minimum atomic E-state index is -0.530. The second kappa shape index (κ2) is 6.22. The van der Waals surface area contributed by atoms with Crippen LogP contribution in [0.15, 0.2) is 35.8 Å². The topological polar surface area (TPSA) is 69.0 Å². The molecule has 0 fully saturated rings. The molecule has 0 bridgehead atoms. The lowest BCUT2D eigenvalue weighted by Gasteiger charge is -2.28. The zero-order valence-corrected chi connectivity index (χ0v) is 14.0. The molecule has 6 nitrogen and oxygen atoms in total. The van der Waals surface area contributed by atoms with Crippen LogP contribution < -0.4 is 5.32 Å². The van der Waals surface area contributed by atoms with Gasteiger partial charge in [0.15, 0.2) is 0 Å². The van der Waals surface area contributed by atoms with Crippen LogP contribution in [0.25, 0.3) is 0 Å². The summed E-state index contributed by atoms with van der Waals surface area (Å²) in [5.41, 5.74) is 1.79. The Hall–Kier alpha value is -2.05. The van der Waals surface area contributed by atoms with Crippen LogP contribution in [0, 0.1) is 0 Å². The van der Waals surface area contributed by atoms with Gasteiger partial charge in [-0.25, -0.2) is 9.48 Å². The third kappa shape index (κ3) is 2.80.